The first-order valence-electron chi connectivity index (χ1n) is 9.50. The summed E-state index contributed by atoms with van der Waals surface area (Å²) < 4.78 is 37.5. The number of nitrogens with two attached hydrogens (primary N) is 1. The summed E-state index contributed by atoms with van der Waals surface area (Å²) in [6.45, 7) is 1.68. The number of urea groups is 1. The van der Waals surface area contributed by atoms with Gasteiger partial charge in [0.05, 0.1) is 0 Å². The number of piperidine rings is 1. The summed E-state index contributed by atoms with van der Waals surface area (Å²) in [4.78, 5) is 14.2. The molecule has 1 fully saturated rings. The van der Waals surface area contributed by atoms with Crippen LogP contribution in [0, 0.1) is 5.82 Å². The molecular weight excluding hydrogens is 395 g/mol. The minimum atomic E-state index is -3.62. The lowest BCUT2D eigenvalue weighted by Gasteiger charge is -2.30. The Morgan fingerprint density at radius 2 is 1.69 bits per heavy atom. The van der Waals surface area contributed by atoms with Gasteiger partial charge in [-0.1, -0.05) is 18.2 Å². The third-order valence-corrected chi connectivity index (χ3v) is 6.71. The summed E-state index contributed by atoms with van der Waals surface area (Å²) in [6.07, 6.45) is 1.43. The van der Waals surface area contributed by atoms with Gasteiger partial charge in [0.1, 0.15) is 5.82 Å². The predicted molar refractivity (Wildman–Crippen MR) is 108 cm³/mol. The van der Waals surface area contributed by atoms with Gasteiger partial charge in [0.15, 0.2) is 0 Å². The van der Waals surface area contributed by atoms with Gasteiger partial charge in [-0.05, 0) is 59.7 Å². The van der Waals surface area contributed by atoms with Crippen molar-refractivity contribution in [2.45, 2.75) is 31.8 Å². The average molecular weight is 418 g/mol. The minimum Gasteiger partial charge on any atom is -0.316 e. The maximum Gasteiger partial charge on any atom is 0.322 e. The maximum atomic E-state index is 13.4. The predicted octanol–water partition coefficient (Wildman–Crippen LogP) is 2.76. The maximum absolute atomic E-state index is 13.4. The highest BCUT2D eigenvalue weighted by molar-refractivity contribution is 7.86. The van der Waals surface area contributed by atoms with Crippen LogP contribution in [0.1, 0.15) is 35.4 Å². The Morgan fingerprint density at radius 1 is 1.03 bits per heavy atom. The molecule has 2 aromatic carbocycles. The average Bonchev–Trinajstić information content (AvgIpc) is 3.11. The number of amides is 2. The quantitative estimate of drug-likeness (QED) is 0.802. The molecule has 7 nitrogen and oxygen atoms in total. The Kier molecular flexibility index (Phi) is 5.28. The molecule has 0 unspecified atom stereocenters. The number of fused-ring (bicyclic) bond motifs is 1. The van der Waals surface area contributed by atoms with Gasteiger partial charge >= 0.3 is 6.03 Å². The van der Waals surface area contributed by atoms with Crippen LogP contribution < -0.4 is 10.5 Å². The van der Waals surface area contributed by atoms with Crippen molar-refractivity contribution in [3.8, 4) is 0 Å². The van der Waals surface area contributed by atoms with Gasteiger partial charge in [0.25, 0.3) is 10.2 Å². The lowest BCUT2D eigenvalue weighted by atomic mass is 9.90. The SMILES string of the molecule is NS(=O)(=O)N1CCC(c2ccc(NC(=O)N3Cc4ccc(F)cc4C3)cc2)CC1. The van der Waals surface area contributed by atoms with E-state index in [0.29, 0.717) is 44.7 Å². The molecule has 1 saturated heterocycles. The van der Waals surface area contributed by atoms with Crippen LogP contribution in [0.15, 0.2) is 42.5 Å². The van der Waals surface area contributed by atoms with Gasteiger partial charge in [0.2, 0.25) is 0 Å². The Hall–Kier alpha value is -2.49. The Balaban J connectivity index is 1.34. The lowest BCUT2D eigenvalue weighted by molar-refractivity contribution is 0.212. The molecule has 0 bridgehead atoms. The summed E-state index contributed by atoms with van der Waals surface area (Å²) in [5.74, 6) is -0.0304. The summed E-state index contributed by atoms with van der Waals surface area (Å²) in [5.41, 5.74) is 3.59. The van der Waals surface area contributed by atoms with E-state index in [1.54, 1.807) is 11.0 Å². The van der Waals surface area contributed by atoms with Crippen molar-refractivity contribution in [3.05, 3.63) is 65.0 Å². The van der Waals surface area contributed by atoms with Crippen LogP contribution in [0.25, 0.3) is 0 Å². The Labute approximate surface area is 169 Å². The zero-order valence-corrected chi connectivity index (χ0v) is 16.7. The fourth-order valence-electron chi connectivity index (χ4n) is 3.99. The van der Waals surface area contributed by atoms with Crippen molar-refractivity contribution < 1.29 is 17.6 Å². The molecular formula is C20H23FN4O3S. The second kappa shape index (κ2) is 7.74. The monoisotopic (exact) mass is 418 g/mol. The number of anilines is 1. The summed E-state index contributed by atoms with van der Waals surface area (Å²) >= 11 is 0. The zero-order valence-electron chi connectivity index (χ0n) is 15.8. The van der Waals surface area contributed by atoms with E-state index in [1.165, 1.54) is 16.4 Å². The number of benzene rings is 2. The molecule has 2 aliphatic heterocycles. The standard InChI is InChI=1S/C20H23FN4O3S/c21-18-4-1-16-12-24(13-17(16)11-18)20(26)23-19-5-2-14(3-6-19)15-7-9-25(10-8-15)29(22,27)28/h1-6,11,15H,7-10,12-13H2,(H,23,26)(H2,22,27,28). The smallest absolute Gasteiger partial charge is 0.316 e. The lowest BCUT2D eigenvalue weighted by Crippen LogP contribution is -2.41. The van der Waals surface area contributed by atoms with Crippen molar-refractivity contribution in [3.63, 3.8) is 0 Å². The fourth-order valence-corrected chi connectivity index (χ4v) is 4.71. The van der Waals surface area contributed by atoms with Crippen LogP contribution in [0.3, 0.4) is 0 Å². The molecule has 0 spiro atoms. The van der Waals surface area contributed by atoms with E-state index in [4.69, 9.17) is 5.14 Å². The third kappa shape index (κ3) is 4.42. The van der Waals surface area contributed by atoms with Crippen molar-refractivity contribution in [2.75, 3.05) is 18.4 Å². The summed E-state index contributed by atoms with van der Waals surface area (Å²) in [5, 5.41) is 8.06. The summed E-state index contributed by atoms with van der Waals surface area (Å²) in [6, 6.07) is 12.0. The first-order valence-corrected chi connectivity index (χ1v) is 11.0. The molecule has 0 saturated carbocycles. The van der Waals surface area contributed by atoms with Crippen LogP contribution in [0.2, 0.25) is 0 Å². The van der Waals surface area contributed by atoms with Crippen LogP contribution in [-0.2, 0) is 23.3 Å². The number of nitrogens with zero attached hydrogens (tertiary/aromatic N) is 2. The number of hydrogen-bond acceptors (Lipinski definition) is 3. The number of rotatable bonds is 3. The van der Waals surface area contributed by atoms with E-state index in [9.17, 15) is 17.6 Å². The van der Waals surface area contributed by atoms with E-state index >= 15 is 0 Å². The minimum absolute atomic E-state index is 0.226. The van der Waals surface area contributed by atoms with Gasteiger partial charge in [-0.15, -0.1) is 0 Å². The van der Waals surface area contributed by atoms with E-state index in [-0.39, 0.29) is 17.8 Å². The van der Waals surface area contributed by atoms with Gasteiger partial charge in [-0.3, -0.25) is 0 Å². The third-order valence-electron chi connectivity index (χ3n) is 5.63. The van der Waals surface area contributed by atoms with Crippen LogP contribution in [0.4, 0.5) is 14.9 Å². The van der Waals surface area contributed by atoms with Crippen molar-refractivity contribution in [1.29, 1.82) is 0 Å². The van der Waals surface area contributed by atoms with E-state index in [0.717, 1.165) is 16.7 Å². The zero-order chi connectivity index (χ0) is 20.6. The first kappa shape index (κ1) is 19.8. The summed E-state index contributed by atoms with van der Waals surface area (Å²) in [7, 11) is -3.62. The van der Waals surface area contributed by atoms with Crippen molar-refractivity contribution in [1.82, 2.24) is 9.21 Å². The van der Waals surface area contributed by atoms with E-state index < -0.39 is 10.2 Å². The molecule has 2 amide bonds. The number of carbonyl (C=O) groups excluding carboxylic acids is 1. The number of nitrogens with one attached hydrogen (secondary N) is 1. The van der Waals surface area contributed by atoms with Gasteiger partial charge in [-0.2, -0.15) is 12.7 Å². The van der Waals surface area contributed by atoms with Crippen LogP contribution >= 0.6 is 0 Å². The number of hydrogen-bond donors (Lipinski definition) is 2. The Morgan fingerprint density at radius 3 is 2.34 bits per heavy atom. The molecule has 9 heteroatoms. The van der Waals surface area contributed by atoms with E-state index in [2.05, 4.69) is 5.32 Å². The molecule has 2 aromatic rings. The molecule has 0 aromatic heterocycles. The number of halogens is 1. The Bertz CT molecular complexity index is 1020. The highest BCUT2D eigenvalue weighted by Crippen LogP contribution is 2.30. The van der Waals surface area contributed by atoms with Gasteiger partial charge in [0, 0.05) is 31.9 Å². The molecule has 0 aliphatic carbocycles. The van der Waals surface area contributed by atoms with E-state index in [1.807, 2.05) is 24.3 Å². The molecule has 0 radical (unpaired) electrons. The molecule has 4 rings (SSSR count). The molecule has 29 heavy (non-hydrogen) atoms. The molecule has 3 N–H and O–H groups in total. The topological polar surface area (TPSA) is 95.7 Å². The van der Waals surface area contributed by atoms with Crippen molar-refractivity contribution in [2.24, 2.45) is 5.14 Å². The second-order valence-corrected chi connectivity index (χ2v) is 9.09. The second-order valence-electron chi connectivity index (χ2n) is 7.54. The molecule has 2 aliphatic rings. The largest absolute Gasteiger partial charge is 0.322 e. The van der Waals surface area contributed by atoms with Crippen molar-refractivity contribution >= 4 is 21.9 Å². The highest BCUT2D eigenvalue weighted by Gasteiger charge is 2.26. The van der Waals surface area contributed by atoms with Gasteiger partial charge in [-0.25, -0.2) is 14.3 Å². The fraction of sp³-hybridized carbons (Fsp3) is 0.350. The molecule has 0 atom stereocenters. The number of carbonyl (C=O) groups is 1. The molecule has 2 heterocycles. The highest BCUT2D eigenvalue weighted by atomic mass is 32.2. The van der Waals surface area contributed by atoms with Crippen LogP contribution in [0.5, 0.6) is 0 Å². The normalized spacial score (nSPS) is 17.9. The molecule has 154 valence electrons. The van der Waals surface area contributed by atoms with Gasteiger partial charge < -0.3 is 10.2 Å². The van der Waals surface area contributed by atoms with Crippen LogP contribution in [-0.4, -0.2) is 36.7 Å². The first-order chi connectivity index (χ1) is 13.8.